The van der Waals surface area contributed by atoms with E-state index in [-0.39, 0.29) is 0 Å². The number of hydrogen-bond donors (Lipinski definition) is 0. The molecule has 0 aliphatic carbocycles. The first kappa shape index (κ1) is 6.56. The molecule has 0 atom stereocenters. The van der Waals surface area contributed by atoms with Crippen LogP contribution in [-0.2, 0) is 6.42 Å². The van der Waals surface area contributed by atoms with Crippen LogP contribution in [0.1, 0.15) is 12.5 Å². The molecule has 0 aliphatic heterocycles. The molecule has 1 aromatic carbocycles. The zero-order valence-corrected chi connectivity index (χ0v) is 8.02. The molecule has 0 nitrogen and oxygen atoms in total. The first-order chi connectivity index (χ1) is 4.33. The molecule has 1 aromatic rings. The van der Waals surface area contributed by atoms with Crippen molar-refractivity contribution in [3.63, 3.8) is 0 Å². The SMILES string of the molecule is CCc1ccc([SiH3])cc1. The average molecular weight is 136 g/mol. The predicted octanol–water partition coefficient (Wildman–Crippen LogP) is 0.240. The van der Waals surface area contributed by atoms with Crippen LogP contribution in [-0.4, -0.2) is 10.2 Å². The predicted molar refractivity (Wildman–Crippen MR) is 45.4 cm³/mol. The van der Waals surface area contributed by atoms with Gasteiger partial charge in [0, 0.05) is 10.2 Å². The molecule has 9 heavy (non-hydrogen) atoms. The van der Waals surface area contributed by atoms with Crippen molar-refractivity contribution < 1.29 is 0 Å². The van der Waals surface area contributed by atoms with Crippen LogP contribution in [0.25, 0.3) is 0 Å². The van der Waals surface area contributed by atoms with Gasteiger partial charge in [0.2, 0.25) is 0 Å². The lowest BCUT2D eigenvalue weighted by molar-refractivity contribution is 1.14. The van der Waals surface area contributed by atoms with E-state index >= 15 is 0 Å². The maximum atomic E-state index is 2.21. The average Bonchev–Trinajstić information content (AvgIpc) is 1.90. The van der Waals surface area contributed by atoms with Crippen molar-refractivity contribution in [2.75, 3.05) is 0 Å². The maximum Gasteiger partial charge on any atom is 0.0384 e. The number of benzene rings is 1. The molecule has 0 aliphatic rings. The fourth-order valence-electron chi connectivity index (χ4n) is 0.824. The summed E-state index contributed by atoms with van der Waals surface area (Å²) in [6.45, 7) is 2.18. The second kappa shape index (κ2) is 2.83. The van der Waals surface area contributed by atoms with Crippen LogP contribution in [0.3, 0.4) is 0 Å². The van der Waals surface area contributed by atoms with Crippen molar-refractivity contribution in [3.05, 3.63) is 29.8 Å². The minimum atomic E-state index is 1.15. The van der Waals surface area contributed by atoms with E-state index in [9.17, 15) is 0 Å². The highest BCUT2D eigenvalue weighted by Crippen LogP contribution is 1.95. The van der Waals surface area contributed by atoms with Crippen LogP contribution >= 0.6 is 0 Å². The molecule has 0 saturated carbocycles. The molecule has 0 saturated heterocycles. The minimum Gasteiger partial charge on any atom is -0.0707 e. The van der Waals surface area contributed by atoms with Gasteiger partial charge in [0.25, 0.3) is 0 Å². The Balaban J connectivity index is 2.88. The molecule has 0 bridgehead atoms. The third-order valence-electron chi connectivity index (χ3n) is 1.53. The van der Waals surface area contributed by atoms with Crippen molar-refractivity contribution in [1.82, 2.24) is 0 Å². The van der Waals surface area contributed by atoms with Gasteiger partial charge in [-0.15, -0.1) is 0 Å². The van der Waals surface area contributed by atoms with Crippen molar-refractivity contribution >= 4 is 15.4 Å². The standard InChI is InChI=1S/C8H12Si/c1-2-7-3-5-8(9)6-4-7/h3-6H,2H2,1,9H3. The van der Waals surface area contributed by atoms with Gasteiger partial charge in [-0.25, -0.2) is 0 Å². The van der Waals surface area contributed by atoms with Crippen molar-refractivity contribution in [3.8, 4) is 0 Å². The van der Waals surface area contributed by atoms with Gasteiger partial charge in [0.1, 0.15) is 0 Å². The van der Waals surface area contributed by atoms with E-state index in [1.54, 1.807) is 0 Å². The van der Waals surface area contributed by atoms with Crippen LogP contribution in [0.2, 0.25) is 0 Å². The Morgan fingerprint density at radius 2 is 1.78 bits per heavy atom. The van der Waals surface area contributed by atoms with Crippen LogP contribution in [0.5, 0.6) is 0 Å². The van der Waals surface area contributed by atoms with Gasteiger partial charge in [-0.2, -0.15) is 0 Å². The van der Waals surface area contributed by atoms with Gasteiger partial charge in [0.05, 0.1) is 0 Å². The highest BCUT2D eigenvalue weighted by Gasteiger charge is 1.84. The molecule has 1 rings (SSSR count). The highest BCUT2D eigenvalue weighted by atomic mass is 28.1. The summed E-state index contributed by atoms with van der Waals surface area (Å²) in [5.74, 6) is 0. The molecule has 0 amide bonds. The topological polar surface area (TPSA) is 0 Å². The summed E-state index contributed by atoms with van der Waals surface area (Å²) in [5.41, 5.74) is 1.44. The van der Waals surface area contributed by atoms with Crippen molar-refractivity contribution in [2.24, 2.45) is 0 Å². The summed E-state index contributed by atoms with van der Waals surface area (Å²) < 4.78 is 0. The molecular weight excluding hydrogens is 124 g/mol. The molecule has 0 heterocycles. The van der Waals surface area contributed by atoms with Gasteiger partial charge in [-0.1, -0.05) is 36.4 Å². The van der Waals surface area contributed by atoms with E-state index in [0.717, 1.165) is 6.42 Å². The van der Waals surface area contributed by atoms with Crippen LogP contribution in [0.4, 0.5) is 0 Å². The minimum absolute atomic E-state index is 1.15. The summed E-state index contributed by atoms with van der Waals surface area (Å²) >= 11 is 0. The molecule has 1 heteroatoms. The fourth-order valence-corrected chi connectivity index (χ4v) is 1.16. The van der Waals surface area contributed by atoms with Gasteiger partial charge in [-0.05, 0) is 12.0 Å². The molecule has 0 N–H and O–H groups in total. The number of aryl methyl sites for hydroxylation is 1. The highest BCUT2D eigenvalue weighted by molar-refractivity contribution is 6.32. The Morgan fingerprint density at radius 1 is 1.22 bits per heavy atom. The first-order valence-corrected chi connectivity index (χ1v) is 4.38. The van der Waals surface area contributed by atoms with Crippen LogP contribution in [0, 0.1) is 0 Å². The molecule has 48 valence electrons. The molecule has 0 aromatic heterocycles. The lowest BCUT2D eigenvalue weighted by Gasteiger charge is -1.94. The fraction of sp³-hybridized carbons (Fsp3) is 0.250. The van der Waals surface area contributed by atoms with Crippen molar-refractivity contribution in [1.29, 1.82) is 0 Å². The lowest BCUT2D eigenvalue weighted by Crippen LogP contribution is -1.99. The molecule has 0 unspecified atom stereocenters. The Kier molecular flexibility index (Phi) is 2.06. The van der Waals surface area contributed by atoms with E-state index in [0.29, 0.717) is 0 Å². The van der Waals surface area contributed by atoms with E-state index in [4.69, 9.17) is 0 Å². The molecule has 0 spiro atoms. The largest absolute Gasteiger partial charge is 0.0707 e. The lowest BCUT2D eigenvalue weighted by atomic mass is 10.2. The van der Waals surface area contributed by atoms with Gasteiger partial charge in [-0.3, -0.25) is 0 Å². The summed E-state index contributed by atoms with van der Waals surface area (Å²) in [6.07, 6.45) is 1.15. The Morgan fingerprint density at radius 3 is 2.22 bits per heavy atom. The normalized spacial score (nSPS) is 9.89. The molecular formula is C8H12Si. The smallest absolute Gasteiger partial charge is 0.0384 e. The zero-order chi connectivity index (χ0) is 6.69. The monoisotopic (exact) mass is 136 g/mol. The van der Waals surface area contributed by atoms with Gasteiger partial charge in [0.15, 0.2) is 0 Å². The summed E-state index contributed by atoms with van der Waals surface area (Å²) in [4.78, 5) is 0. The van der Waals surface area contributed by atoms with E-state index in [2.05, 4.69) is 31.2 Å². The third kappa shape index (κ3) is 1.68. The Bertz CT molecular complexity index is 176. The summed E-state index contributed by atoms with van der Waals surface area (Å²) in [5, 5.41) is 1.48. The van der Waals surface area contributed by atoms with Gasteiger partial charge >= 0.3 is 0 Å². The van der Waals surface area contributed by atoms with Crippen LogP contribution < -0.4 is 5.19 Å². The second-order valence-corrected chi connectivity index (χ2v) is 3.49. The maximum absolute atomic E-state index is 2.21. The van der Waals surface area contributed by atoms with Crippen LogP contribution in [0.15, 0.2) is 24.3 Å². The van der Waals surface area contributed by atoms with Gasteiger partial charge < -0.3 is 0 Å². The number of rotatable bonds is 1. The molecule has 0 fully saturated rings. The summed E-state index contributed by atoms with van der Waals surface area (Å²) in [6, 6.07) is 8.85. The van der Waals surface area contributed by atoms with Crippen molar-refractivity contribution in [2.45, 2.75) is 13.3 Å². The van der Waals surface area contributed by atoms with E-state index in [1.165, 1.54) is 21.0 Å². The Hall–Kier alpha value is -0.563. The van der Waals surface area contributed by atoms with E-state index in [1.807, 2.05) is 0 Å². The summed E-state index contributed by atoms with van der Waals surface area (Å²) in [7, 11) is 1.17. The second-order valence-electron chi connectivity index (χ2n) is 2.34. The zero-order valence-electron chi connectivity index (χ0n) is 6.02. The quantitative estimate of drug-likeness (QED) is 0.485. The molecule has 0 radical (unpaired) electrons. The van der Waals surface area contributed by atoms with E-state index < -0.39 is 0 Å². The number of hydrogen-bond acceptors (Lipinski definition) is 0. The third-order valence-corrected chi connectivity index (χ3v) is 2.20. The Labute approximate surface area is 59.3 Å². The first-order valence-electron chi connectivity index (χ1n) is 3.38.